The first-order chi connectivity index (χ1) is 6.13. The lowest BCUT2D eigenvalue weighted by atomic mass is 9.96. The molecular weight excluding hydrogens is 212 g/mol. The molecular formula is C7H10O4S2. The van der Waals surface area contributed by atoms with Gasteiger partial charge in [0.05, 0.1) is 0 Å². The predicted octanol–water partition coefficient (Wildman–Crippen LogP) is 0.826. The van der Waals surface area contributed by atoms with Crippen LogP contribution in [-0.4, -0.2) is 38.7 Å². The maximum atomic E-state index is 10.6. The molecule has 1 rings (SSSR count). The summed E-state index contributed by atoms with van der Waals surface area (Å²) in [5.74, 6) is -2.65. The summed E-state index contributed by atoms with van der Waals surface area (Å²) < 4.78 is 0. The fraction of sp³-hybridized carbons (Fsp3) is 0.714. The Morgan fingerprint density at radius 1 is 1.15 bits per heavy atom. The van der Waals surface area contributed by atoms with E-state index >= 15 is 0 Å². The molecule has 13 heavy (non-hydrogen) atoms. The van der Waals surface area contributed by atoms with Gasteiger partial charge in [0.25, 0.3) is 0 Å². The standard InChI is InChI=1S/C7H10O4S2/c8-6(9)5(7(10)11)4-1-12-3-13-2-4/h4-5H,1-3H2,(H,8,9)(H,10,11). The first-order valence-electron chi connectivity index (χ1n) is 3.74. The first kappa shape index (κ1) is 10.7. The van der Waals surface area contributed by atoms with Crippen LogP contribution in [0.2, 0.25) is 0 Å². The summed E-state index contributed by atoms with van der Waals surface area (Å²) in [5, 5.41) is 18.3. The van der Waals surface area contributed by atoms with E-state index in [1.807, 2.05) is 0 Å². The lowest BCUT2D eigenvalue weighted by Crippen LogP contribution is -2.35. The maximum Gasteiger partial charge on any atom is 0.318 e. The zero-order valence-corrected chi connectivity index (χ0v) is 8.44. The van der Waals surface area contributed by atoms with Gasteiger partial charge >= 0.3 is 11.9 Å². The van der Waals surface area contributed by atoms with E-state index in [-0.39, 0.29) is 5.92 Å². The Bertz CT molecular complexity index is 199. The molecule has 1 heterocycles. The Labute approximate surface area is 84.1 Å². The van der Waals surface area contributed by atoms with Gasteiger partial charge in [0.15, 0.2) is 5.92 Å². The molecule has 2 N–H and O–H groups in total. The third-order valence-electron chi connectivity index (χ3n) is 1.83. The van der Waals surface area contributed by atoms with Crippen LogP contribution in [0.4, 0.5) is 0 Å². The number of rotatable bonds is 3. The number of hydrogen-bond acceptors (Lipinski definition) is 4. The van der Waals surface area contributed by atoms with Gasteiger partial charge in [-0.15, -0.1) is 0 Å². The Morgan fingerprint density at radius 2 is 1.62 bits per heavy atom. The summed E-state index contributed by atoms with van der Waals surface area (Å²) in [6.45, 7) is 0. The smallest absolute Gasteiger partial charge is 0.318 e. The normalized spacial score (nSPS) is 18.8. The van der Waals surface area contributed by atoms with Gasteiger partial charge in [-0.2, -0.15) is 23.5 Å². The van der Waals surface area contributed by atoms with Crippen LogP contribution in [0, 0.1) is 11.8 Å². The second kappa shape index (κ2) is 4.76. The molecule has 0 spiro atoms. The van der Waals surface area contributed by atoms with E-state index in [1.165, 1.54) is 0 Å². The van der Waals surface area contributed by atoms with Crippen molar-refractivity contribution in [3.05, 3.63) is 0 Å². The van der Waals surface area contributed by atoms with Crippen molar-refractivity contribution in [2.45, 2.75) is 0 Å². The van der Waals surface area contributed by atoms with E-state index in [1.54, 1.807) is 23.5 Å². The summed E-state index contributed by atoms with van der Waals surface area (Å²) in [5.41, 5.74) is 0. The van der Waals surface area contributed by atoms with Gasteiger partial charge in [-0.05, 0) is 11.5 Å². The summed E-state index contributed by atoms with van der Waals surface area (Å²) >= 11 is 3.20. The zero-order chi connectivity index (χ0) is 9.84. The molecule has 1 fully saturated rings. The van der Waals surface area contributed by atoms with Gasteiger partial charge in [-0.25, -0.2) is 0 Å². The maximum absolute atomic E-state index is 10.6. The van der Waals surface area contributed by atoms with Crippen LogP contribution in [0.25, 0.3) is 0 Å². The van der Waals surface area contributed by atoms with Crippen molar-refractivity contribution in [2.75, 3.05) is 16.6 Å². The third-order valence-corrected chi connectivity index (χ3v) is 4.50. The highest BCUT2D eigenvalue weighted by Gasteiger charge is 2.35. The molecule has 0 aliphatic carbocycles. The SMILES string of the molecule is O=C(O)C(C(=O)O)C1CSCSC1. The number of carboxylic acids is 2. The number of hydrogen-bond donors (Lipinski definition) is 2. The Balaban J connectivity index is 2.62. The summed E-state index contributed by atoms with van der Waals surface area (Å²) in [6.07, 6.45) is 0. The highest BCUT2D eigenvalue weighted by atomic mass is 32.2. The second-order valence-electron chi connectivity index (χ2n) is 2.77. The molecule has 0 unspecified atom stereocenters. The van der Waals surface area contributed by atoms with Crippen molar-refractivity contribution in [3.8, 4) is 0 Å². The molecule has 0 aromatic carbocycles. The second-order valence-corrected chi connectivity index (χ2v) is 5.20. The highest BCUT2D eigenvalue weighted by molar-refractivity contribution is 8.16. The minimum Gasteiger partial charge on any atom is -0.481 e. The molecule has 0 saturated carbocycles. The van der Waals surface area contributed by atoms with Crippen molar-refractivity contribution in [3.63, 3.8) is 0 Å². The van der Waals surface area contributed by atoms with Crippen LogP contribution in [0.3, 0.4) is 0 Å². The van der Waals surface area contributed by atoms with Crippen molar-refractivity contribution in [1.82, 2.24) is 0 Å². The average molecular weight is 222 g/mol. The molecule has 1 aliphatic heterocycles. The molecule has 4 nitrogen and oxygen atoms in total. The van der Waals surface area contributed by atoms with Crippen LogP contribution < -0.4 is 0 Å². The van der Waals surface area contributed by atoms with Gasteiger partial charge in [0.2, 0.25) is 0 Å². The predicted molar refractivity (Wildman–Crippen MR) is 52.0 cm³/mol. The highest BCUT2D eigenvalue weighted by Crippen LogP contribution is 2.30. The van der Waals surface area contributed by atoms with Gasteiger partial charge in [0.1, 0.15) is 0 Å². The molecule has 74 valence electrons. The molecule has 6 heteroatoms. The van der Waals surface area contributed by atoms with E-state index in [9.17, 15) is 9.59 Å². The van der Waals surface area contributed by atoms with Crippen molar-refractivity contribution >= 4 is 35.5 Å². The van der Waals surface area contributed by atoms with Gasteiger partial charge in [-0.3, -0.25) is 9.59 Å². The molecule has 0 radical (unpaired) electrons. The van der Waals surface area contributed by atoms with Crippen LogP contribution in [-0.2, 0) is 9.59 Å². The third kappa shape index (κ3) is 2.80. The van der Waals surface area contributed by atoms with E-state index in [2.05, 4.69) is 0 Å². The Morgan fingerprint density at radius 3 is 2.00 bits per heavy atom. The molecule has 0 bridgehead atoms. The minimum atomic E-state index is -1.24. The topological polar surface area (TPSA) is 74.6 Å². The van der Waals surface area contributed by atoms with Crippen molar-refractivity contribution in [1.29, 1.82) is 0 Å². The largest absolute Gasteiger partial charge is 0.481 e. The van der Waals surface area contributed by atoms with Crippen LogP contribution in [0.5, 0.6) is 0 Å². The molecule has 0 aromatic heterocycles. The number of thioether (sulfide) groups is 2. The number of carboxylic acid groups (broad SMARTS) is 2. The minimum absolute atomic E-state index is 0.237. The Hall–Kier alpha value is -0.360. The Kier molecular flexibility index (Phi) is 3.92. The lowest BCUT2D eigenvalue weighted by Gasteiger charge is -2.23. The summed E-state index contributed by atoms with van der Waals surface area (Å²) in [7, 11) is 0. The van der Waals surface area contributed by atoms with E-state index in [0.717, 1.165) is 5.08 Å². The van der Waals surface area contributed by atoms with Gasteiger partial charge in [0, 0.05) is 11.0 Å². The first-order valence-corrected chi connectivity index (χ1v) is 6.05. The van der Waals surface area contributed by atoms with E-state index in [4.69, 9.17) is 10.2 Å². The quantitative estimate of drug-likeness (QED) is 0.689. The summed E-state index contributed by atoms with van der Waals surface area (Å²) in [6, 6.07) is 0. The molecule has 0 aromatic rings. The molecule has 1 aliphatic rings. The zero-order valence-electron chi connectivity index (χ0n) is 6.80. The lowest BCUT2D eigenvalue weighted by molar-refractivity contribution is -0.156. The average Bonchev–Trinajstić information content (AvgIpc) is 2.04. The van der Waals surface area contributed by atoms with Crippen LogP contribution in [0.15, 0.2) is 0 Å². The monoisotopic (exact) mass is 222 g/mol. The van der Waals surface area contributed by atoms with E-state index < -0.39 is 17.9 Å². The fourth-order valence-corrected chi connectivity index (χ4v) is 3.82. The van der Waals surface area contributed by atoms with Crippen molar-refractivity contribution < 1.29 is 19.8 Å². The van der Waals surface area contributed by atoms with Crippen LogP contribution in [0.1, 0.15) is 0 Å². The number of aliphatic carboxylic acids is 2. The molecule has 0 atom stereocenters. The fourth-order valence-electron chi connectivity index (χ4n) is 1.21. The van der Waals surface area contributed by atoms with Gasteiger partial charge in [-0.1, -0.05) is 0 Å². The van der Waals surface area contributed by atoms with Gasteiger partial charge < -0.3 is 10.2 Å². The molecule has 0 amide bonds. The number of carbonyl (C=O) groups is 2. The summed E-state index contributed by atoms with van der Waals surface area (Å²) in [4.78, 5) is 21.3. The van der Waals surface area contributed by atoms with Crippen molar-refractivity contribution in [2.24, 2.45) is 11.8 Å². The van der Waals surface area contributed by atoms with Crippen LogP contribution >= 0.6 is 23.5 Å². The van der Waals surface area contributed by atoms with E-state index in [0.29, 0.717) is 11.5 Å². The molecule has 1 saturated heterocycles.